The zero-order chi connectivity index (χ0) is 16.4. The fourth-order valence-corrected chi connectivity index (χ4v) is 2.25. The number of halogens is 1. The molecule has 0 spiro atoms. The third-order valence-corrected chi connectivity index (χ3v) is 3.55. The minimum Gasteiger partial charge on any atom is -0.381 e. The van der Waals surface area contributed by atoms with Crippen molar-refractivity contribution < 1.29 is 4.39 Å². The van der Waals surface area contributed by atoms with E-state index in [2.05, 4.69) is 36.2 Å². The van der Waals surface area contributed by atoms with Crippen LogP contribution in [0.3, 0.4) is 0 Å². The molecule has 5 nitrogen and oxygen atoms in total. The van der Waals surface area contributed by atoms with Gasteiger partial charge in [-0.2, -0.15) is 5.10 Å². The van der Waals surface area contributed by atoms with Crippen LogP contribution in [0.4, 0.5) is 10.1 Å². The quantitative estimate of drug-likeness (QED) is 0.801. The van der Waals surface area contributed by atoms with Gasteiger partial charge in [0.05, 0.1) is 23.8 Å². The van der Waals surface area contributed by atoms with Crippen LogP contribution in [-0.4, -0.2) is 19.3 Å². The second kappa shape index (κ2) is 5.87. The van der Waals surface area contributed by atoms with E-state index in [0.29, 0.717) is 12.2 Å². The molecule has 0 fully saturated rings. The first-order valence-corrected chi connectivity index (χ1v) is 7.49. The Balaban J connectivity index is 1.69. The molecule has 0 saturated carbocycles. The maximum absolute atomic E-state index is 14.2. The average Bonchev–Trinajstić information content (AvgIpc) is 3.16. The summed E-state index contributed by atoms with van der Waals surface area (Å²) in [4.78, 5) is 3.93. The maximum Gasteiger partial charge on any atom is 0.149 e. The van der Waals surface area contributed by atoms with Crippen molar-refractivity contribution in [1.29, 1.82) is 0 Å². The number of nitrogens with one attached hydrogen (secondary N) is 1. The molecule has 0 atom stereocenters. The van der Waals surface area contributed by atoms with Gasteiger partial charge in [-0.15, -0.1) is 0 Å². The molecule has 2 heterocycles. The first kappa shape index (κ1) is 15.3. The van der Waals surface area contributed by atoms with Gasteiger partial charge in [0, 0.05) is 36.4 Å². The van der Waals surface area contributed by atoms with Crippen LogP contribution < -0.4 is 5.32 Å². The molecule has 1 N–H and O–H groups in total. The highest BCUT2D eigenvalue weighted by Crippen LogP contribution is 2.19. The summed E-state index contributed by atoms with van der Waals surface area (Å²) < 4.78 is 17.8. The molecule has 2 aromatic heterocycles. The molecule has 0 radical (unpaired) electrons. The number of rotatable bonds is 4. The molecule has 0 aliphatic carbocycles. The zero-order valence-corrected chi connectivity index (χ0v) is 13.5. The van der Waals surface area contributed by atoms with Gasteiger partial charge < -0.3 is 9.88 Å². The minimum absolute atomic E-state index is 0.0448. The molecule has 3 rings (SSSR count). The normalized spacial score (nSPS) is 11.7. The van der Waals surface area contributed by atoms with Gasteiger partial charge in [-0.25, -0.2) is 9.37 Å². The molecule has 3 aromatic rings. The van der Waals surface area contributed by atoms with Crippen molar-refractivity contribution in [1.82, 2.24) is 19.3 Å². The molecule has 120 valence electrons. The summed E-state index contributed by atoms with van der Waals surface area (Å²) in [7, 11) is 0. The Kier molecular flexibility index (Phi) is 3.90. The molecule has 0 bridgehead atoms. The highest BCUT2D eigenvalue weighted by Gasteiger charge is 2.13. The summed E-state index contributed by atoms with van der Waals surface area (Å²) in [5, 5.41) is 7.58. The summed E-state index contributed by atoms with van der Waals surface area (Å²) in [6.07, 6.45) is 8.75. The van der Waals surface area contributed by atoms with Gasteiger partial charge in [0.1, 0.15) is 5.82 Å². The first-order chi connectivity index (χ1) is 10.9. The molecule has 23 heavy (non-hydrogen) atoms. The Bertz CT molecular complexity index is 784. The van der Waals surface area contributed by atoms with Crippen LogP contribution in [0.1, 0.15) is 26.3 Å². The number of anilines is 1. The van der Waals surface area contributed by atoms with Gasteiger partial charge in [-0.3, -0.25) is 4.68 Å². The van der Waals surface area contributed by atoms with Crippen LogP contribution in [0.5, 0.6) is 0 Å². The van der Waals surface area contributed by atoms with Crippen molar-refractivity contribution in [3.8, 4) is 5.69 Å². The molecule has 0 amide bonds. The predicted octanol–water partition coefficient (Wildman–Crippen LogP) is 3.58. The zero-order valence-electron chi connectivity index (χ0n) is 13.5. The van der Waals surface area contributed by atoms with E-state index in [9.17, 15) is 4.39 Å². The summed E-state index contributed by atoms with van der Waals surface area (Å²) in [5.41, 5.74) is 2.22. The topological polar surface area (TPSA) is 47.7 Å². The summed E-state index contributed by atoms with van der Waals surface area (Å²) in [6.45, 7) is 6.89. The van der Waals surface area contributed by atoms with E-state index < -0.39 is 0 Å². The smallest absolute Gasteiger partial charge is 0.149 e. The van der Waals surface area contributed by atoms with Gasteiger partial charge in [0.2, 0.25) is 0 Å². The number of benzene rings is 1. The molecule has 0 saturated heterocycles. The van der Waals surface area contributed by atoms with Crippen LogP contribution in [0.25, 0.3) is 5.69 Å². The molecule has 0 aliphatic rings. The van der Waals surface area contributed by atoms with Crippen LogP contribution in [0.2, 0.25) is 0 Å². The SMILES string of the molecule is CC(C)(C)n1cc(CNc2ccc(-n3ccnc3)c(F)c2)cn1. The number of hydrogen-bond acceptors (Lipinski definition) is 3. The first-order valence-electron chi connectivity index (χ1n) is 7.49. The molecular formula is C17H20FN5. The van der Waals surface area contributed by atoms with Crippen molar-refractivity contribution in [2.45, 2.75) is 32.9 Å². The summed E-state index contributed by atoms with van der Waals surface area (Å²) in [6, 6.07) is 5.08. The number of aromatic nitrogens is 4. The molecular weight excluding hydrogens is 293 g/mol. The fraction of sp³-hybridized carbons (Fsp3) is 0.294. The van der Waals surface area contributed by atoms with E-state index in [0.717, 1.165) is 11.3 Å². The molecule has 0 aliphatic heterocycles. The highest BCUT2D eigenvalue weighted by molar-refractivity contribution is 5.50. The van der Waals surface area contributed by atoms with E-state index in [1.54, 1.807) is 29.4 Å². The van der Waals surface area contributed by atoms with E-state index in [1.165, 1.54) is 6.07 Å². The lowest BCUT2D eigenvalue weighted by Crippen LogP contribution is -2.21. The van der Waals surface area contributed by atoms with Crippen molar-refractivity contribution in [3.05, 3.63) is 60.7 Å². The van der Waals surface area contributed by atoms with E-state index in [1.807, 2.05) is 23.1 Å². The van der Waals surface area contributed by atoms with Crippen molar-refractivity contribution >= 4 is 5.69 Å². The second-order valence-electron chi connectivity index (χ2n) is 6.45. The van der Waals surface area contributed by atoms with Crippen LogP contribution in [0, 0.1) is 5.82 Å². The van der Waals surface area contributed by atoms with Crippen molar-refractivity contribution in [2.75, 3.05) is 5.32 Å². The molecule has 1 aromatic carbocycles. The Morgan fingerprint density at radius 3 is 2.70 bits per heavy atom. The average molecular weight is 313 g/mol. The lowest BCUT2D eigenvalue weighted by atomic mass is 10.1. The highest BCUT2D eigenvalue weighted by atomic mass is 19.1. The van der Waals surface area contributed by atoms with Crippen molar-refractivity contribution in [2.24, 2.45) is 0 Å². The second-order valence-corrected chi connectivity index (χ2v) is 6.45. The maximum atomic E-state index is 14.2. The van der Waals surface area contributed by atoms with E-state index in [-0.39, 0.29) is 11.4 Å². The third-order valence-electron chi connectivity index (χ3n) is 3.55. The van der Waals surface area contributed by atoms with E-state index >= 15 is 0 Å². The third kappa shape index (κ3) is 3.41. The van der Waals surface area contributed by atoms with Crippen LogP contribution in [-0.2, 0) is 12.1 Å². The van der Waals surface area contributed by atoms with E-state index in [4.69, 9.17) is 0 Å². The monoisotopic (exact) mass is 313 g/mol. The van der Waals surface area contributed by atoms with Crippen LogP contribution >= 0.6 is 0 Å². The predicted molar refractivity (Wildman–Crippen MR) is 88.1 cm³/mol. The Morgan fingerprint density at radius 1 is 1.26 bits per heavy atom. The Labute approximate surface area is 134 Å². The van der Waals surface area contributed by atoms with Crippen LogP contribution in [0.15, 0.2) is 49.3 Å². The Hall–Kier alpha value is -2.63. The van der Waals surface area contributed by atoms with Gasteiger partial charge in [0.25, 0.3) is 0 Å². The lowest BCUT2D eigenvalue weighted by molar-refractivity contribution is 0.355. The number of hydrogen-bond donors (Lipinski definition) is 1. The van der Waals surface area contributed by atoms with Gasteiger partial charge >= 0.3 is 0 Å². The van der Waals surface area contributed by atoms with Gasteiger partial charge in [-0.1, -0.05) is 0 Å². The molecule has 0 unspecified atom stereocenters. The summed E-state index contributed by atoms with van der Waals surface area (Å²) in [5.74, 6) is -0.293. The minimum atomic E-state index is -0.293. The number of imidazole rings is 1. The van der Waals surface area contributed by atoms with Crippen molar-refractivity contribution in [3.63, 3.8) is 0 Å². The standard InChI is InChI=1S/C17H20FN5/c1-17(2,3)23-11-13(10-21-23)9-20-14-4-5-16(15(18)8-14)22-7-6-19-12-22/h4-8,10-12,20H,9H2,1-3H3. The fourth-order valence-electron chi connectivity index (χ4n) is 2.25. The lowest BCUT2D eigenvalue weighted by Gasteiger charge is -2.18. The summed E-state index contributed by atoms with van der Waals surface area (Å²) >= 11 is 0. The Morgan fingerprint density at radius 2 is 2.09 bits per heavy atom. The van der Waals surface area contributed by atoms with Gasteiger partial charge in [-0.05, 0) is 39.0 Å². The molecule has 6 heteroatoms. The number of nitrogens with zero attached hydrogens (tertiary/aromatic N) is 4. The largest absolute Gasteiger partial charge is 0.381 e. The van der Waals surface area contributed by atoms with Gasteiger partial charge in [0.15, 0.2) is 0 Å².